The van der Waals surface area contributed by atoms with E-state index < -0.39 is 17.2 Å². The second kappa shape index (κ2) is 3.47. The Morgan fingerprint density at radius 2 is 1.93 bits per heavy atom. The molecule has 1 aromatic carbocycles. The molecule has 1 nitrogen and oxygen atoms in total. The van der Waals surface area contributed by atoms with Crippen LogP contribution in [0.15, 0.2) is 16.6 Å². The van der Waals surface area contributed by atoms with Crippen LogP contribution in [0.5, 0.6) is 0 Å². The third kappa shape index (κ3) is 1.47. The Morgan fingerprint density at radius 1 is 1.29 bits per heavy atom. The van der Waals surface area contributed by atoms with Gasteiger partial charge in [0, 0.05) is 17.1 Å². The SMILES string of the molecule is OC1(c2ccc(Br)c(F)c2F)CSC1. The van der Waals surface area contributed by atoms with E-state index in [0.29, 0.717) is 11.5 Å². The van der Waals surface area contributed by atoms with Crippen LogP contribution >= 0.6 is 27.7 Å². The first-order chi connectivity index (χ1) is 6.54. The Bertz CT molecular complexity index is 379. The molecule has 0 spiro atoms. The fourth-order valence-electron chi connectivity index (χ4n) is 1.34. The summed E-state index contributed by atoms with van der Waals surface area (Å²) in [4.78, 5) is 0. The van der Waals surface area contributed by atoms with Crippen LogP contribution in [0.1, 0.15) is 5.56 Å². The molecular formula is C9H7BrF2OS. The van der Waals surface area contributed by atoms with Gasteiger partial charge in [0.15, 0.2) is 11.6 Å². The Kier molecular flexibility index (Phi) is 2.57. The monoisotopic (exact) mass is 280 g/mol. The van der Waals surface area contributed by atoms with E-state index in [1.165, 1.54) is 23.9 Å². The fraction of sp³-hybridized carbons (Fsp3) is 0.333. The average molecular weight is 281 g/mol. The predicted octanol–water partition coefficient (Wildman–Crippen LogP) is 2.66. The largest absolute Gasteiger partial charge is 0.383 e. The lowest BCUT2D eigenvalue weighted by atomic mass is 9.96. The van der Waals surface area contributed by atoms with Gasteiger partial charge in [0.1, 0.15) is 5.60 Å². The summed E-state index contributed by atoms with van der Waals surface area (Å²) >= 11 is 4.39. The first-order valence-corrected chi connectivity index (χ1v) is 5.93. The number of hydrogen-bond acceptors (Lipinski definition) is 2. The minimum absolute atomic E-state index is 0.0527. The smallest absolute Gasteiger partial charge is 0.173 e. The van der Waals surface area contributed by atoms with Gasteiger partial charge in [-0.1, -0.05) is 6.07 Å². The third-order valence-corrected chi connectivity index (χ3v) is 4.19. The molecule has 1 N–H and O–H groups in total. The number of aliphatic hydroxyl groups is 1. The standard InChI is InChI=1S/C9H7BrF2OS/c10-6-2-1-5(7(11)8(6)12)9(13)3-14-4-9/h1-2,13H,3-4H2. The highest BCUT2D eigenvalue weighted by molar-refractivity contribution is 9.10. The van der Waals surface area contributed by atoms with Crippen molar-refractivity contribution in [2.45, 2.75) is 5.60 Å². The topological polar surface area (TPSA) is 20.2 Å². The molecule has 0 amide bonds. The van der Waals surface area contributed by atoms with Crippen molar-refractivity contribution in [2.75, 3.05) is 11.5 Å². The molecule has 0 saturated carbocycles. The van der Waals surface area contributed by atoms with E-state index in [-0.39, 0.29) is 10.0 Å². The van der Waals surface area contributed by atoms with Gasteiger partial charge in [0.05, 0.1) is 4.47 Å². The Morgan fingerprint density at radius 3 is 2.43 bits per heavy atom. The lowest BCUT2D eigenvalue weighted by Gasteiger charge is -2.36. The van der Waals surface area contributed by atoms with Crippen LogP contribution in [0.25, 0.3) is 0 Å². The molecule has 2 rings (SSSR count). The second-order valence-corrected chi connectivity index (χ2v) is 5.09. The minimum atomic E-state index is -1.18. The van der Waals surface area contributed by atoms with Gasteiger partial charge in [0.2, 0.25) is 0 Å². The van der Waals surface area contributed by atoms with Crippen molar-refractivity contribution in [2.24, 2.45) is 0 Å². The minimum Gasteiger partial charge on any atom is -0.383 e. The van der Waals surface area contributed by atoms with Crippen molar-refractivity contribution in [1.29, 1.82) is 0 Å². The predicted molar refractivity (Wildman–Crippen MR) is 55.3 cm³/mol. The number of rotatable bonds is 1. The van der Waals surface area contributed by atoms with Crippen molar-refractivity contribution >= 4 is 27.7 Å². The Labute approximate surface area is 92.6 Å². The number of thioether (sulfide) groups is 1. The second-order valence-electron chi connectivity index (χ2n) is 3.25. The molecular weight excluding hydrogens is 274 g/mol. The summed E-state index contributed by atoms with van der Waals surface area (Å²) in [6.45, 7) is 0. The number of hydrogen-bond donors (Lipinski definition) is 1. The molecule has 1 aliphatic rings. The van der Waals surface area contributed by atoms with Gasteiger partial charge >= 0.3 is 0 Å². The summed E-state index contributed by atoms with van der Waals surface area (Å²) < 4.78 is 26.6. The summed E-state index contributed by atoms with van der Waals surface area (Å²) in [5.41, 5.74) is -1.13. The zero-order valence-electron chi connectivity index (χ0n) is 7.06. The summed E-state index contributed by atoms with van der Waals surface area (Å²) in [5.74, 6) is -1.05. The number of benzene rings is 1. The van der Waals surface area contributed by atoms with Crippen LogP contribution in [0.3, 0.4) is 0 Å². The fourth-order valence-corrected chi connectivity index (χ4v) is 2.54. The molecule has 1 saturated heterocycles. The van der Waals surface area contributed by atoms with Gasteiger partial charge < -0.3 is 5.11 Å². The first-order valence-electron chi connectivity index (χ1n) is 3.99. The van der Waals surface area contributed by atoms with E-state index in [0.717, 1.165) is 0 Å². The van der Waals surface area contributed by atoms with E-state index >= 15 is 0 Å². The molecule has 5 heteroatoms. The van der Waals surface area contributed by atoms with Crippen molar-refractivity contribution in [3.8, 4) is 0 Å². The molecule has 1 fully saturated rings. The quantitative estimate of drug-likeness (QED) is 0.799. The van der Waals surface area contributed by atoms with Crippen LogP contribution in [-0.2, 0) is 5.60 Å². The summed E-state index contributed by atoms with van der Waals surface area (Å²) in [6.07, 6.45) is 0. The zero-order chi connectivity index (χ0) is 10.3. The molecule has 0 aromatic heterocycles. The number of halogens is 3. The molecule has 0 unspecified atom stereocenters. The molecule has 76 valence electrons. The van der Waals surface area contributed by atoms with E-state index in [1.807, 2.05) is 0 Å². The first kappa shape index (κ1) is 10.4. The normalized spacial score (nSPS) is 19.1. The average Bonchev–Trinajstić information content (AvgIpc) is 2.11. The molecule has 1 heterocycles. The summed E-state index contributed by atoms with van der Waals surface area (Å²) in [7, 11) is 0. The van der Waals surface area contributed by atoms with Crippen molar-refractivity contribution < 1.29 is 13.9 Å². The highest BCUT2D eigenvalue weighted by atomic mass is 79.9. The van der Waals surface area contributed by atoms with Crippen LogP contribution in [-0.4, -0.2) is 16.6 Å². The van der Waals surface area contributed by atoms with Crippen LogP contribution < -0.4 is 0 Å². The van der Waals surface area contributed by atoms with Gasteiger partial charge in [0.25, 0.3) is 0 Å². The van der Waals surface area contributed by atoms with Crippen molar-refractivity contribution in [1.82, 2.24) is 0 Å². The Balaban J connectivity index is 2.49. The lowest BCUT2D eigenvalue weighted by Crippen LogP contribution is -2.41. The maximum atomic E-state index is 13.4. The molecule has 0 atom stereocenters. The zero-order valence-corrected chi connectivity index (χ0v) is 9.46. The third-order valence-electron chi connectivity index (χ3n) is 2.22. The van der Waals surface area contributed by atoms with E-state index in [2.05, 4.69) is 15.9 Å². The van der Waals surface area contributed by atoms with Gasteiger partial charge in [-0.25, -0.2) is 8.78 Å². The van der Waals surface area contributed by atoms with Crippen LogP contribution in [0.2, 0.25) is 0 Å². The highest BCUT2D eigenvalue weighted by Crippen LogP contribution is 2.40. The van der Waals surface area contributed by atoms with Gasteiger partial charge in [-0.05, 0) is 22.0 Å². The molecule has 0 aliphatic carbocycles. The van der Waals surface area contributed by atoms with Crippen LogP contribution in [0.4, 0.5) is 8.78 Å². The molecule has 0 bridgehead atoms. The van der Waals surface area contributed by atoms with Crippen molar-refractivity contribution in [3.05, 3.63) is 33.8 Å². The van der Waals surface area contributed by atoms with E-state index in [1.54, 1.807) is 0 Å². The molecule has 14 heavy (non-hydrogen) atoms. The highest BCUT2D eigenvalue weighted by Gasteiger charge is 2.40. The van der Waals surface area contributed by atoms with E-state index in [4.69, 9.17) is 0 Å². The Hall–Kier alpha value is -0.130. The summed E-state index contributed by atoms with van der Waals surface area (Å²) in [5, 5.41) is 9.83. The molecule has 1 aliphatic heterocycles. The van der Waals surface area contributed by atoms with E-state index in [9.17, 15) is 13.9 Å². The van der Waals surface area contributed by atoms with Gasteiger partial charge in [-0.2, -0.15) is 11.8 Å². The molecule has 0 radical (unpaired) electrons. The van der Waals surface area contributed by atoms with Gasteiger partial charge in [-0.15, -0.1) is 0 Å². The summed E-state index contributed by atoms with van der Waals surface area (Å²) in [6, 6.07) is 2.83. The maximum Gasteiger partial charge on any atom is 0.173 e. The maximum absolute atomic E-state index is 13.4. The van der Waals surface area contributed by atoms with Crippen molar-refractivity contribution in [3.63, 3.8) is 0 Å². The van der Waals surface area contributed by atoms with Gasteiger partial charge in [-0.3, -0.25) is 0 Å². The van der Waals surface area contributed by atoms with Crippen LogP contribution in [0, 0.1) is 11.6 Å². The molecule has 1 aromatic rings. The lowest BCUT2D eigenvalue weighted by molar-refractivity contribution is 0.0719.